The molecule has 0 radical (unpaired) electrons. The first kappa shape index (κ1) is 20.3. The minimum Gasteiger partial charge on any atom is -0.356 e. The number of carbonyl (C=O) groups excluding carboxylic acids is 1. The highest BCUT2D eigenvalue weighted by Crippen LogP contribution is 2.33. The van der Waals surface area contributed by atoms with Crippen LogP contribution in [0.2, 0.25) is 5.15 Å². The highest BCUT2D eigenvalue weighted by Gasteiger charge is 2.40. The SMILES string of the molecule is O=C(CSc1nc(Cl)cc(N2CCC3(CC2)OCCO3)n1)Nc1ccc(F)cc1. The molecular weight excluding hydrogens is 419 g/mol. The van der Waals surface area contributed by atoms with Gasteiger partial charge in [-0.2, -0.15) is 0 Å². The normalized spacial score (nSPS) is 18.2. The standard InChI is InChI=1S/C19H20ClFN4O3S/c20-15-11-16(25-7-5-19(6-8-25)27-9-10-28-19)24-18(23-15)29-12-17(26)22-14-3-1-13(21)2-4-14/h1-4,11H,5-10,12H2,(H,22,26). The first-order chi connectivity index (χ1) is 14.0. The second kappa shape index (κ2) is 8.83. The summed E-state index contributed by atoms with van der Waals surface area (Å²) in [5.74, 6) is -0.209. The Balaban J connectivity index is 1.34. The Morgan fingerprint density at radius 2 is 1.90 bits per heavy atom. The average molecular weight is 439 g/mol. The maximum absolute atomic E-state index is 12.9. The fraction of sp³-hybridized carbons (Fsp3) is 0.421. The number of hydrogen-bond donors (Lipinski definition) is 1. The van der Waals surface area contributed by atoms with Crippen LogP contribution in [0.1, 0.15) is 12.8 Å². The van der Waals surface area contributed by atoms with Gasteiger partial charge in [-0.1, -0.05) is 23.4 Å². The number of nitrogens with one attached hydrogen (secondary N) is 1. The molecular formula is C19H20ClFN4O3S. The number of nitrogens with zero attached hydrogens (tertiary/aromatic N) is 3. The van der Waals surface area contributed by atoms with Gasteiger partial charge in [-0.25, -0.2) is 14.4 Å². The third-order valence-corrected chi connectivity index (χ3v) is 5.82. The van der Waals surface area contributed by atoms with Crippen LogP contribution in [0.25, 0.3) is 0 Å². The third-order valence-electron chi connectivity index (χ3n) is 4.78. The van der Waals surface area contributed by atoms with E-state index in [9.17, 15) is 9.18 Å². The van der Waals surface area contributed by atoms with Crippen molar-refractivity contribution in [1.82, 2.24) is 9.97 Å². The molecule has 1 spiro atoms. The second-order valence-corrected chi connectivity index (χ2v) is 8.10. The Hall–Kier alpha value is -1.94. The predicted octanol–water partition coefficient (Wildman–Crippen LogP) is 3.34. The van der Waals surface area contributed by atoms with Crippen LogP contribution in [0.3, 0.4) is 0 Å². The summed E-state index contributed by atoms with van der Waals surface area (Å²) < 4.78 is 24.5. The number of rotatable bonds is 5. The minimum atomic E-state index is -0.455. The highest BCUT2D eigenvalue weighted by atomic mass is 35.5. The number of benzene rings is 1. The molecule has 0 bridgehead atoms. The number of anilines is 2. The average Bonchev–Trinajstić information content (AvgIpc) is 3.16. The van der Waals surface area contributed by atoms with E-state index in [2.05, 4.69) is 20.2 Å². The van der Waals surface area contributed by atoms with Crippen LogP contribution in [-0.4, -0.2) is 53.7 Å². The van der Waals surface area contributed by atoms with Crippen LogP contribution in [0.5, 0.6) is 0 Å². The lowest BCUT2D eigenvalue weighted by atomic mass is 10.0. The Bertz CT molecular complexity index is 870. The van der Waals surface area contributed by atoms with E-state index in [1.54, 1.807) is 6.07 Å². The first-order valence-electron chi connectivity index (χ1n) is 9.27. The Labute approximate surface area is 176 Å². The molecule has 1 amide bonds. The van der Waals surface area contributed by atoms with Gasteiger partial charge in [0.2, 0.25) is 5.91 Å². The predicted molar refractivity (Wildman–Crippen MR) is 109 cm³/mol. The van der Waals surface area contributed by atoms with Gasteiger partial charge in [-0.05, 0) is 24.3 Å². The van der Waals surface area contributed by atoms with Crippen LogP contribution in [0.4, 0.5) is 15.9 Å². The highest BCUT2D eigenvalue weighted by molar-refractivity contribution is 7.99. The van der Waals surface area contributed by atoms with Crippen molar-refractivity contribution in [1.29, 1.82) is 0 Å². The molecule has 4 rings (SSSR count). The molecule has 2 aliphatic heterocycles. The molecule has 29 heavy (non-hydrogen) atoms. The van der Waals surface area contributed by atoms with Crippen LogP contribution in [0, 0.1) is 5.82 Å². The van der Waals surface area contributed by atoms with Crippen molar-refractivity contribution in [2.45, 2.75) is 23.8 Å². The van der Waals surface area contributed by atoms with E-state index in [0.29, 0.717) is 29.2 Å². The molecule has 1 N–H and O–H groups in total. The molecule has 0 saturated carbocycles. The first-order valence-corrected chi connectivity index (χ1v) is 10.6. The molecule has 1 aromatic heterocycles. The number of hydrogen-bond acceptors (Lipinski definition) is 7. The van der Waals surface area contributed by atoms with E-state index in [-0.39, 0.29) is 17.5 Å². The maximum atomic E-state index is 12.9. The lowest BCUT2D eigenvalue weighted by molar-refractivity contribution is -0.169. The summed E-state index contributed by atoms with van der Waals surface area (Å²) in [4.78, 5) is 23.0. The number of carbonyl (C=O) groups is 1. The Morgan fingerprint density at radius 1 is 1.21 bits per heavy atom. The molecule has 2 saturated heterocycles. The summed E-state index contributed by atoms with van der Waals surface area (Å²) >= 11 is 7.37. The third kappa shape index (κ3) is 5.16. The van der Waals surface area contributed by atoms with Gasteiger partial charge in [-0.15, -0.1) is 0 Å². The van der Waals surface area contributed by atoms with Crippen molar-refractivity contribution in [2.24, 2.45) is 0 Å². The topological polar surface area (TPSA) is 76.6 Å². The summed E-state index contributed by atoms with van der Waals surface area (Å²) in [5.41, 5.74) is 0.531. The van der Waals surface area contributed by atoms with E-state index < -0.39 is 5.79 Å². The van der Waals surface area contributed by atoms with Gasteiger partial charge in [-0.3, -0.25) is 4.79 Å². The van der Waals surface area contributed by atoms with Crippen LogP contribution in [-0.2, 0) is 14.3 Å². The number of halogens is 2. The maximum Gasteiger partial charge on any atom is 0.234 e. The largest absolute Gasteiger partial charge is 0.356 e. The minimum absolute atomic E-state index is 0.113. The number of ether oxygens (including phenoxy) is 2. The van der Waals surface area contributed by atoms with E-state index in [1.807, 2.05) is 0 Å². The quantitative estimate of drug-likeness (QED) is 0.436. The number of thioether (sulfide) groups is 1. The molecule has 154 valence electrons. The number of piperidine rings is 1. The molecule has 0 atom stereocenters. The van der Waals surface area contributed by atoms with Gasteiger partial charge >= 0.3 is 0 Å². The zero-order chi connectivity index (χ0) is 20.3. The molecule has 0 unspecified atom stereocenters. The van der Waals surface area contributed by atoms with Gasteiger partial charge in [0.25, 0.3) is 0 Å². The summed E-state index contributed by atoms with van der Waals surface area (Å²) in [6.45, 7) is 2.76. The number of aromatic nitrogens is 2. The molecule has 7 nitrogen and oxygen atoms in total. The summed E-state index contributed by atoms with van der Waals surface area (Å²) in [5, 5.41) is 3.46. The molecule has 1 aromatic carbocycles. The molecule has 10 heteroatoms. The van der Waals surface area contributed by atoms with E-state index in [1.165, 1.54) is 36.0 Å². The number of amides is 1. The molecule has 3 heterocycles. The molecule has 0 aliphatic carbocycles. The lowest BCUT2D eigenvalue weighted by Crippen LogP contribution is -2.45. The summed E-state index contributed by atoms with van der Waals surface area (Å²) in [7, 11) is 0. The summed E-state index contributed by atoms with van der Waals surface area (Å²) in [6, 6.07) is 7.32. The second-order valence-electron chi connectivity index (χ2n) is 6.77. The van der Waals surface area contributed by atoms with E-state index >= 15 is 0 Å². The summed E-state index contributed by atoms with van der Waals surface area (Å²) in [6.07, 6.45) is 1.52. The lowest BCUT2D eigenvalue weighted by Gasteiger charge is -2.38. The molecule has 2 aromatic rings. The van der Waals surface area contributed by atoms with Crippen molar-refractivity contribution >= 4 is 40.8 Å². The van der Waals surface area contributed by atoms with Gasteiger partial charge < -0.3 is 19.7 Å². The Morgan fingerprint density at radius 3 is 2.59 bits per heavy atom. The monoisotopic (exact) mass is 438 g/mol. The van der Waals surface area contributed by atoms with Crippen molar-refractivity contribution in [3.8, 4) is 0 Å². The fourth-order valence-corrected chi connectivity index (χ4v) is 4.22. The van der Waals surface area contributed by atoms with Gasteiger partial charge in [0, 0.05) is 37.7 Å². The molecule has 2 fully saturated rings. The van der Waals surface area contributed by atoms with Crippen molar-refractivity contribution in [3.05, 3.63) is 41.3 Å². The van der Waals surface area contributed by atoms with Gasteiger partial charge in [0.15, 0.2) is 10.9 Å². The molecule has 2 aliphatic rings. The smallest absolute Gasteiger partial charge is 0.234 e. The zero-order valence-corrected chi connectivity index (χ0v) is 17.1. The van der Waals surface area contributed by atoms with Crippen molar-refractivity contribution in [3.63, 3.8) is 0 Å². The van der Waals surface area contributed by atoms with Crippen molar-refractivity contribution < 1.29 is 18.7 Å². The van der Waals surface area contributed by atoms with E-state index in [0.717, 1.165) is 31.7 Å². The zero-order valence-electron chi connectivity index (χ0n) is 15.6. The van der Waals surface area contributed by atoms with E-state index in [4.69, 9.17) is 21.1 Å². The van der Waals surface area contributed by atoms with Gasteiger partial charge in [0.05, 0.1) is 19.0 Å². The van der Waals surface area contributed by atoms with Crippen LogP contribution < -0.4 is 10.2 Å². The van der Waals surface area contributed by atoms with Gasteiger partial charge in [0.1, 0.15) is 16.8 Å². The van der Waals surface area contributed by atoms with Crippen LogP contribution >= 0.6 is 23.4 Å². The fourth-order valence-electron chi connectivity index (χ4n) is 3.33. The van der Waals surface area contributed by atoms with Crippen LogP contribution in [0.15, 0.2) is 35.5 Å². The Kier molecular flexibility index (Phi) is 6.19. The van der Waals surface area contributed by atoms with Crippen molar-refractivity contribution in [2.75, 3.05) is 42.3 Å².